The van der Waals surface area contributed by atoms with Crippen LogP contribution in [0.15, 0.2) is 200 Å². The Hall–Kier alpha value is -7.10. The van der Waals surface area contributed by atoms with Gasteiger partial charge in [0, 0.05) is 33.4 Å². The molecule has 2 heterocycles. The summed E-state index contributed by atoms with van der Waals surface area (Å²) >= 11 is 0. The van der Waals surface area contributed by atoms with E-state index in [9.17, 15) is 0 Å². The van der Waals surface area contributed by atoms with Gasteiger partial charge in [0.15, 0.2) is 0 Å². The lowest BCUT2D eigenvalue weighted by atomic mass is 9.82. The van der Waals surface area contributed by atoms with E-state index in [0.29, 0.717) is 0 Å². The van der Waals surface area contributed by atoms with Gasteiger partial charge in [-0.25, -0.2) is 0 Å². The molecule has 0 saturated carbocycles. The Bertz CT molecular complexity index is 2910. The van der Waals surface area contributed by atoms with Crippen LogP contribution in [0.3, 0.4) is 0 Å². The fraction of sp³-hybridized carbons (Fsp3) is 0.0385. The van der Waals surface area contributed by atoms with E-state index in [1.165, 1.54) is 60.8 Å². The lowest BCUT2D eigenvalue weighted by Crippen LogP contribution is -2.20. The summed E-state index contributed by atoms with van der Waals surface area (Å²) in [5, 5.41) is 2.42. The zero-order valence-corrected chi connectivity index (χ0v) is 30.1. The predicted molar refractivity (Wildman–Crippen MR) is 228 cm³/mol. The highest BCUT2D eigenvalue weighted by Crippen LogP contribution is 2.53. The second-order valence-corrected chi connectivity index (χ2v) is 14.4. The number of hydrogen-bond acceptors (Lipinski definition) is 2. The van der Waals surface area contributed by atoms with Gasteiger partial charge in [0.1, 0.15) is 11.9 Å². The normalized spacial score (nSPS) is 15.3. The monoisotopic (exact) mass is 704 g/mol. The fourth-order valence-corrected chi connectivity index (χ4v) is 8.89. The molecule has 2 unspecified atom stereocenters. The van der Waals surface area contributed by atoms with E-state index >= 15 is 0 Å². The minimum atomic E-state index is -0.0592. The van der Waals surface area contributed by atoms with Gasteiger partial charge >= 0.3 is 0 Å². The first-order valence-corrected chi connectivity index (χ1v) is 19.0. The van der Waals surface area contributed by atoms with Crippen molar-refractivity contribution >= 4 is 44.9 Å². The molecule has 2 aliphatic rings. The van der Waals surface area contributed by atoms with Crippen molar-refractivity contribution in [2.24, 2.45) is 0 Å². The standard InChI is InChI=1S/C52H36N2O/c1-3-14-35(15-4-1)41-19-9-10-20-42(41)37-26-29-39(30-27-37)53(49-25-13-23-45-51-43-21-8-7-16-36(43)28-33-50(51)55-52(45)49)40-31-32-48-46(34-40)44-22-11-12-24-47(44)54(48)38-17-5-2-6-18-38/h1-34,50-51H. The van der Waals surface area contributed by atoms with Crippen molar-refractivity contribution in [2.75, 3.05) is 4.90 Å². The van der Waals surface area contributed by atoms with Gasteiger partial charge < -0.3 is 14.2 Å². The van der Waals surface area contributed by atoms with Crippen molar-refractivity contribution in [1.29, 1.82) is 0 Å². The molecule has 0 fully saturated rings. The number of ether oxygens (including phenoxy) is 1. The molecule has 0 saturated heterocycles. The van der Waals surface area contributed by atoms with Crippen LogP contribution in [0.1, 0.15) is 22.6 Å². The van der Waals surface area contributed by atoms with Crippen molar-refractivity contribution in [3.8, 4) is 33.7 Å². The molecule has 2 atom stereocenters. The van der Waals surface area contributed by atoms with Crippen molar-refractivity contribution in [3.63, 3.8) is 0 Å². The van der Waals surface area contributed by atoms with Gasteiger partial charge in [-0.05, 0) is 94.1 Å². The van der Waals surface area contributed by atoms with Crippen LogP contribution in [-0.4, -0.2) is 10.7 Å². The summed E-state index contributed by atoms with van der Waals surface area (Å²) in [4.78, 5) is 2.38. The number of hydrogen-bond donors (Lipinski definition) is 0. The van der Waals surface area contributed by atoms with E-state index < -0.39 is 0 Å². The van der Waals surface area contributed by atoms with E-state index in [2.05, 4.69) is 216 Å². The second kappa shape index (κ2) is 12.8. The molecular formula is C52H36N2O. The Balaban J connectivity index is 1.10. The molecule has 0 radical (unpaired) electrons. The van der Waals surface area contributed by atoms with Crippen LogP contribution >= 0.6 is 0 Å². The third-order valence-electron chi connectivity index (χ3n) is 11.4. The van der Waals surface area contributed by atoms with Gasteiger partial charge in [-0.3, -0.25) is 0 Å². The first kappa shape index (κ1) is 31.4. The Labute approximate surface area is 320 Å². The van der Waals surface area contributed by atoms with Gasteiger partial charge in [-0.15, -0.1) is 0 Å². The molecule has 3 heteroatoms. The van der Waals surface area contributed by atoms with Crippen molar-refractivity contribution < 1.29 is 4.74 Å². The predicted octanol–water partition coefficient (Wildman–Crippen LogP) is 13.5. The first-order chi connectivity index (χ1) is 27.3. The number of anilines is 3. The highest BCUT2D eigenvalue weighted by atomic mass is 16.5. The average Bonchev–Trinajstić information content (AvgIpc) is 3.81. The molecule has 0 amide bonds. The molecule has 1 aromatic heterocycles. The van der Waals surface area contributed by atoms with E-state index in [4.69, 9.17) is 4.74 Å². The van der Waals surface area contributed by atoms with Crippen LogP contribution in [0.25, 0.3) is 55.8 Å². The minimum Gasteiger partial charge on any atom is -0.483 e. The molecule has 0 bridgehead atoms. The number of para-hydroxylation sites is 3. The minimum absolute atomic E-state index is 0.0592. The number of rotatable bonds is 6. The molecule has 11 rings (SSSR count). The second-order valence-electron chi connectivity index (χ2n) is 14.4. The lowest BCUT2D eigenvalue weighted by Gasteiger charge is -2.27. The summed E-state index contributed by atoms with van der Waals surface area (Å²) in [5.74, 6) is 1.07. The van der Waals surface area contributed by atoms with Gasteiger partial charge in [0.25, 0.3) is 0 Å². The maximum atomic E-state index is 6.97. The van der Waals surface area contributed by atoms with E-state index in [1.807, 2.05) is 0 Å². The largest absolute Gasteiger partial charge is 0.483 e. The van der Waals surface area contributed by atoms with Crippen molar-refractivity contribution in [2.45, 2.75) is 12.0 Å². The van der Waals surface area contributed by atoms with Crippen LogP contribution in [0.5, 0.6) is 5.75 Å². The van der Waals surface area contributed by atoms with Crippen LogP contribution in [0, 0.1) is 0 Å². The Morgan fingerprint density at radius 3 is 1.93 bits per heavy atom. The molecule has 1 aliphatic carbocycles. The summed E-state index contributed by atoms with van der Waals surface area (Å²) in [6, 6.07) is 70.0. The van der Waals surface area contributed by atoms with Crippen LogP contribution < -0.4 is 9.64 Å². The maximum Gasteiger partial charge on any atom is 0.148 e. The Kier molecular flexibility index (Phi) is 7.31. The maximum absolute atomic E-state index is 6.97. The number of nitrogens with zero attached hydrogens (tertiary/aromatic N) is 2. The third-order valence-corrected chi connectivity index (χ3v) is 11.4. The lowest BCUT2D eigenvalue weighted by molar-refractivity contribution is 0.268. The summed E-state index contributed by atoms with van der Waals surface area (Å²) < 4.78 is 9.34. The molecule has 0 N–H and O–H groups in total. The zero-order valence-electron chi connectivity index (χ0n) is 30.1. The first-order valence-electron chi connectivity index (χ1n) is 19.0. The summed E-state index contributed by atoms with van der Waals surface area (Å²) in [5.41, 5.74) is 15.3. The van der Waals surface area contributed by atoms with Crippen LogP contribution in [-0.2, 0) is 0 Å². The van der Waals surface area contributed by atoms with Gasteiger partial charge in [-0.2, -0.15) is 0 Å². The van der Waals surface area contributed by atoms with Crippen LogP contribution in [0.4, 0.5) is 17.1 Å². The SMILES string of the molecule is C1=CC2Oc3c(cccc3N(c3ccc(-c4ccccc4-c4ccccc4)cc3)c3ccc4c(c3)c3ccccc3n4-c3ccccc3)C2c2ccccc21. The molecule has 1 aliphatic heterocycles. The van der Waals surface area contributed by atoms with E-state index in [0.717, 1.165) is 28.5 Å². The molecule has 3 nitrogen and oxygen atoms in total. The van der Waals surface area contributed by atoms with Gasteiger partial charge in [0.05, 0.1) is 22.6 Å². The molecule has 9 aromatic rings. The Morgan fingerprint density at radius 1 is 0.473 bits per heavy atom. The molecule has 55 heavy (non-hydrogen) atoms. The fourth-order valence-electron chi connectivity index (χ4n) is 8.89. The quantitative estimate of drug-likeness (QED) is 0.171. The van der Waals surface area contributed by atoms with Gasteiger partial charge in [-0.1, -0.05) is 146 Å². The number of benzene rings is 8. The number of fused-ring (bicyclic) bond motifs is 8. The van der Waals surface area contributed by atoms with Crippen LogP contribution in [0.2, 0.25) is 0 Å². The summed E-state index contributed by atoms with van der Waals surface area (Å²) in [6.45, 7) is 0. The molecule has 260 valence electrons. The van der Waals surface area contributed by atoms with Crippen molar-refractivity contribution in [1.82, 2.24) is 4.57 Å². The summed E-state index contributed by atoms with van der Waals surface area (Å²) in [6.07, 6.45) is 4.38. The average molecular weight is 705 g/mol. The zero-order chi connectivity index (χ0) is 36.3. The smallest absolute Gasteiger partial charge is 0.148 e. The van der Waals surface area contributed by atoms with Crippen molar-refractivity contribution in [3.05, 3.63) is 217 Å². The van der Waals surface area contributed by atoms with Gasteiger partial charge in [0.2, 0.25) is 0 Å². The van der Waals surface area contributed by atoms with E-state index in [-0.39, 0.29) is 12.0 Å². The number of aromatic nitrogens is 1. The van der Waals surface area contributed by atoms with E-state index in [1.54, 1.807) is 0 Å². The molecular weight excluding hydrogens is 669 g/mol. The third kappa shape index (κ3) is 5.12. The molecule has 8 aromatic carbocycles. The Morgan fingerprint density at radius 2 is 1.11 bits per heavy atom. The highest BCUT2D eigenvalue weighted by Gasteiger charge is 2.39. The summed E-state index contributed by atoms with van der Waals surface area (Å²) in [7, 11) is 0. The topological polar surface area (TPSA) is 17.4 Å². The molecule has 0 spiro atoms. The highest BCUT2D eigenvalue weighted by molar-refractivity contribution is 6.10.